The van der Waals surface area contributed by atoms with Crippen molar-refractivity contribution in [3.05, 3.63) is 70.4 Å². The van der Waals surface area contributed by atoms with Crippen LogP contribution in [0.25, 0.3) is 0 Å². The van der Waals surface area contributed by atoms with Crippen LogP contribution in [0.2, 0.25) is 0 Å². The van der Waals surface area contributed by atoms with Crippen LogP contribution in [-0.4, -0.2) is 115 Å². The number of ether oxygens (including phenoxy) is 3. The second kappa shape index (κ2) is 19.6. The van der Waals surface area contributed by atoms with Crippen LogP contribution in [0.5, 0.6) is 11.5 Å². The number of carbonyl (C=O) groups excluding carboxylic acids is 3. The summed E-state index contributed by atoms with van der Waals surface area (Å²) in [7, 11) is 5.14. The predicted octanol–water partition coefficient (Wildman–Crippen LogP) is 3.57. The maximum absolute atomic E-state index is 12.8. The molecule has 45 heavy (non-hydrogen) atoms. The third-order valence-corrected chi connectivity index (χ3v) is 6.60. The smallest absolute Gasteiger partial charge is 0.410 e. The van der Waals surface area contributed by atoms with Crippen molar-refractivity contribution in [3.8, 4) is 11.5 Å². The number of rotatable bonds is 17. The molecule has 0 saturated carbocycles. The predicted molar refractivity (Wildman–Crippen MR) is 181 cm³/mol. The molecule has 2 rings (SSSR count). The quantitative estimate of drug-likeness (QED) is 0.112. The van der Waals surface area contributed by atoms with Crippen molar-refractivity contribution >= 4 is 40.5 Å². The summed E-state index contributed by atoms with van der Waals surface area (Å²) in [6.45, 7) is 8.20. The van der Waals surface area contributed by atoms with Crippen molar-refractivity contribution < 1.29 is 28.6 Å². The Hall–Kier alpha value is -3.72. The molecule has 0 radical (unpaired) electrons. The van der Waals surface area contributed by atoms with Gasteiger partial charge in [-0.2, -0.15) is 0 Å². The first kappa shape index (κ1) is 37.5. The molecule has 12 nitrogen and oxygen atoms in total. The van der Waals surface area contributed by atoms with E-state index in [0.717, 1.165) is 9.26 Å². The SMILES string of the molecule is CN(C)C(=O)/C=C/CNCCOc1cncc(CCN(C)C(=O)/C=C/CN(CCOc2ccc(I)nc2)C(=O)OC(C)(C)C)c1. The number of amides is 3. The number of hydrogen-bond acceptors (Lipinski definition) is 9. The van der Waals surface area contributed by atoms with Gasteiger partial charge in [0, 0.05) is 65.7 Å². The topological polar surface area (TPSA) is 126 Å². The number of hydrogen-bond donors (Lipinski definition) is 1. The second-order valence-corrected chi connectivity index (χ2v) is 12.3. The van der Waals surface area contributed by atoms with Crippen molar-refractivity contribution in [2.75, 3.05) is 67.1 Å². The molecule has 1 N–H and O–H groups in total. The molecule has 0 saturated heterocycles. The highest BCUT2D eigenvalue weighted by molar-refractivity contribution is 14.1. The molecule has 3 amide bonds. The number of nitrogens with zero attached hydrogens (tertiary/aromatic N) is 5. The molecule has 13 heteroatoms. The van der Waals surface area contributed by atoms with E-state index in [-0.39, 0.29) is 31.5 Å². The van der Waals surface area contributed by atoms with Gasteiger partial charge in [-0.05, 0) is 73.5 Å². The number of nitrogens with one attached hydrogen (secondary N) is 1. The summed E-state index contributed by atoms with van der Waals surface area (Å²) in [5.74, 6) is 1.01. The van der Waals surface area contributed by atoms with Crippen molar-refractivity contribution in [2.24, 2.45) is 0 Å². The molecule has 0 aliphatic heterocycles. The minimum atomic E-state index is -0.657. The second-order valence-electron chi connectivity index (χ2n) is 11.2. The minimum Gasteiger partial charge on any atom is -0.491 e. The third kappa shape index (κ3) is 16.2. The normalized spacial score (nSPS) is 11.4. The Bertz CT molecular complexity index is 1280. The van der Waals surface area contributed by atoms with Crippen LogP contribution in [0, 0.1) is 3.70 Å². The Morgan fingerprint density at radius 1 is 0.933 bits per heavy atom. The van der Waals surface area contributed by atoms with Gasteiger partial charge in [-0.25, -0.2) is 9.78 Å². The van der Waals surface area contributed by atoms with Gasteiger partial charge in [-0.15, -0.1) is 0 Å². The van der Waals surface area contributed by atoms with Gasteiger partial charge >= 0.3 is 6.09 Å². The molecule has 2 heterocycles. The Kier molecular flexibility index (Phi) is 16.3. The lowest BCUT2D eigenvalue weighted by molar-refractivity contribution is -0.125. The number of carbonyl (C=O) groups is 3. The molecule has 0 unspecified atom stereocenters. The number of halogens is 1. The fourth-order valence-electron chi connectivity index (χ4n) is 3.53. The van der Waals surface area contributed by atoms with Crippen LogP contribution in [0.3, 0.4) is 0 Å². The highest BCUT2D eigenvalue weighted by atomic mass is 127. The fourth-order valence-corrected chi connectivity index (χ4v) is 3.85. The van der Waals surface area contributed by atoms with E-state index in [1.807, 2.05) is 18.2 Å². The number of pyridine rings is 2. The molecular weight excluding hydrogens is 691 g/mol. The highest BCUT2D eigenvalue weighted by Crippen LogP contribution is 2.13. The molecule has 2 aromatic heterocycles. The summed E-state index contributed by atoms with van der Waals surface area (Å²) in [4.78, 5) is 50.1. The number of likely N-dealkylation sites (N-methyl/N-ethyl adjacent to an activating group) is 2. The van der Waals surface area contributed by atoms with Gasteiger partial charge in [0.1, 0.15) is 34.0 Å². The molecule has 0 bridgehead atoms. The maximum Gasteiger partial charge on any atom is 0.410 e. The first-order valence-corrected chi connectivity index (χ1v) is 15.7. The molecule has 0 aromatic carbocycles. The van der Waals surface area contributed by atoms with Crippen molar-refractivity contribution in [2.45, 2.75) is 32.8 Å². The van der Waals surface area contributed by atoms with E-state index in [4.69, 9.17) is 14.2 Å². The summed E-state index contributed by atoms with van der Waals surface area (Å²) in [6, 6.07) is 5.56. The van der Waals surface area contributed by atoms with Crippen molar-refractivity contribution in [1.29, 1.82) is 0 Å². The van der Waals surface area contributed by atoms with E-state index in [9.17, 15) is 14.4 Å². The molecule has 0 atom stereocenters. The fraction of sp³-hybridized carbons (Fsp3) is 0.469. The van der Waals surface area contributed by atoms with Gasteiger partial charge in [0.05, 0.1) is 18.9 Å². The third-order valence-electron chi connectivity index (χ3n) is 5.96. The van der Waals surface area contributed by atoms with Crippen LogP contribution in [-0.2, 0) is 20.7 Å². The van der Waals surface area contributed by atoms with Gasteiger partial charge < -0.3 is 34.2 Å². The Morgan fingerprint density at radius 3 is 2.36 bits per heavy atom. The summed E-state index contributed by atoms with van der Waals surface area (Å²) in [6.07, 6.45) is 11.5. The molecule has 0 aliphatic rings. The van der Waals surface area contributed by atoms with Crippen LogP contribution < -0.4 is 14.8 Å². The van der Waals surface area contributed by atoms with Crippen LogP contribution >= 0.6 is 22.6 Å². The molecule has 246 valence electrons. The first-order chi connectivity index (χ1) is 21.3. The van der Waals surface area contributed by atoms with Crippen LogP contribution in [0.1, 0.15) is 26.3 Å². The summed E-state index contributed by atoms with van der Waals surface area (Å²) in [5, 5.41) is 3.18. The highest BCUT2D eigenvalue weighted by Gasteiger charge is 2.21. The van der Waals surface area contributed by atoms with Crippen LogP contribution in [0.4, 0.5) is 4.79 Å². The lowest BCUT2D eigenvalue weighted by atomic mass is 10.2. The van der Waals surface area contributed by atoms with Crippen molar-refractivity contribution in [1.82, 2.24) is 30.0 Å². The van der Waals surface area contributed by atoms with Crippen molar-refractivity contribution in [3.63, 3.8) is 0 Å². The van der Waals surface area contributed by atoms with E-state index in [1.54, 1.807) is 77.6 Å². The zero-order chi connectivity index (χ0) is 33.2. The van der Waals surface area contributed by atoms with Gasteiger partial charge in [0.25, 0.3) is 0 Å². The number of aromatic nitrogens is 2. The van der Waals surface area contributed by atoms with Gasteiger partial charge in [-0.1, -0.05) is 12.2 Å². The molecular formula is C32H45IN6O6. The lowest BCUT2D eigenvalue weighted by Crippen LogP contribution is -2.39. The van der Waals surface area contributed by atoms with E-state index in [0.29, 0.717) is 44.2 Å². The monoisotopic (exact) mass is 736 g/mol. The minimum absolute atomic E-state index is 0.0574. The Labute approximate surface area is 279 Å². The first-order valence-electron chi connectivity index (χ1n) is 14.6. The maximum atomic E-state index is 12.8. The van der Waals surface area contributed by atoms with E-state index >= 15 is 0 Å². The van der Waals surface area contributed by atoms with E-state index < -0.39 is 11.7 Å². The standard InChI is InChI=1S/C32H45IN6O6/c1-32(2,3)45-31(42)39(18-20-44-26-11-12-28(33)36-24-26)16-8-10-30(41)38(6)17-13-25-21-27(23-35-22-25)43-19-15-34-14-7-9-29(40)37(4)5/h7-12,21-24,34H,13-20H2,1-6H3/b9-7+,10-8+. The van der Waals surface area contributed by atoms with Gasteiger partial charge in [-0.3, -0.25) is 14.6 Å². The van der Waals surface area contributed by atoms with E-state index in [1.165, 1.54) is 22.0 Å². The Morgan fingerprint density at radius 2 is 1.67 bits per heavy atom. The van der Waals surface area contributed by atoms with Crippen LogP contribution in [0.15, 0.2) is 61.1 Å². The summed E-state index contributed by atoms with van der Waals surface area (Å²) in [5.41, 5.74) is 0.282. The molecule has 0 spiro atoms. The average molecular weight is 737 g/mol. The summed E-state index contributed by atoms with van der Waals surface area (Å²) < 4.78 is 17.9. The molecule has 0 fully saturated rings. The summed E-state index contributed by atoms with van der Waals surface area (Å²) >= 11 is 2.12. The largest absolute Gasteiger partial charge is 0.491 e. The molecule has 0 aliphatic carbocycles. The Balaban J connectivity index is 1.79. The average Bonchev–Trinajstić information content (AvgIpc) is 2.98. The lowest BCUT2D eigenvalue weighted by Gasteiger charge is -2.26. The molecule has 2 aromatic rings. The van der Waals surface area contributed by atoms with Gasteiger partial charge in [0.2, 0.25) is 11.8 Å². The van der Waals surface area contributed by atoms with Gasteiger partial charge in [0.15, 0.2) is 0 Å². The zero-order valence-electron chi connectivity index (χ0n) is 27.0. The van der Waals surface area contributed by atoms with E-state index in [2.05, 4.69) is 37.9 Å². The zero-order valence-corrected chi connectivity index (χ0v) is 29.2.